The maximum atomic E-state index is 14.0. The molecule has 1 amide bonds. The molecule has 0 spiro atoms. The predicted molar refractivity (Wildman–Crippen MR) is 114 cm³/mol. The second-order valence-corrected chi connectivity index (χ2v) is 8.52. The normalized spacial score (nSPS) is 13.0. The number of pyridine rings is 2. The maximum Gasteiger partial charge on any atom is 0.282 e. The Morgan fingerprint density at radius 1 is 1.28 bits per heavy atom. The summed E-state index contributed by atoms with van der Waals surface area (Å²) in [5.41, 5.74) is 0.554. The number of rotatable bonds is 6. The van der Waals surface area contributed by atoms with Crippen molar-refractivity contribution in [3.05, 3.63) is 75.9 Å². The number of amides is 1. The highest BCUT2D eigenvalue weighted by molar-refractivity contribution is 7.16. The fourth-order valence-electron chi connectivity index (χ4n) is 3.08. The minimum Gasteiger partial charge on any atom is -0.349 e. The van der Waals surface area contributed by atoms with Gasteiger partial charge in [-0.25, -0.2) is 18.7 Å². The lowest BCUT2D eigenvalue weighted by molar-refractivity contribution is 0.0946. The number of carbonyl (C=O) groups is 1. The van der Waals surface area contributed by atoms with E-state index < -0.39 is 23.0 Å². The number of aryl methyl sites for hydroxylation is 1. The zero-order valence-corrected chi connectivity index (χ0v) is 18.5. The molecule has 0 saturated carbocycles. The summed E-state index contributed by atoms with van der Waals surface area (Å²) in [6.07, 6.45) is 4.40. The molecule has 8 nitrogen and oxygen atoms in total. The third-order valence-electron chi connectivity index (χ3n) is 4.85. The van der Waals surface area contributed by atoms with Gasteiger partial charge in [0.15, 0.2) is 10.8 Å². The standard InChI is InChI=1S/C20H16ClF2N7OS/c1-20(11-7-26-30(2)9-11,14-4-3-5-15(21)27-14)10-25-17(31)19-29-28-18(32-19)16-13(23)6-12(22)8-24-16/h3-9H,10H2,1-2H3,(H,25,31). The third-order valence-corrected chi connectivity index (χ3v) is 5.99. The first-order chi connectivity index (χ1) is 15.3. The van der Waals surface area contributed by atoms with Crippen molar-refractivity contribution in [1.29, 1.82) is 0 Å². The van der Waals surface area contributed by atoms with Crippen LogP contribution in [-0.4, -0.2) is 42.4 Å². The lowest BCUT2D eigenvalue weighted by atomic mass is 9.80. The van der Waals surface area contributed by atoms with Gasteiger partial charge < -0.3 is 5.32 Å². The minimum absolute atomic E-state index is 0.0121. The molecule has 1 unspecified atom stereocenters. The van der Waals surface area contributed by atoms with Crippen molar-refractivity contribution in [2.75, 3.05) is 6.54 Å². The Balaban J connectivity index is 1.58. The van der Waals surface area contributed by atoms with Crippen molar-refractivity contribution in [1.82, 2.24) is 35.3 Å². The molecule has 0 aromatic carbocycles. The second-order valence-electron chi connectivity index (χ2n) is 7.16. The number of halogens is 3. The average Bonchev–Trinajstić information content (AvgIpc) is 3.41. The Labute approximate surface area is 190 Å². The molecule has 0 aliphatic rings. The Kier molecular flexibility index (Phi) is 5.94. The van der Waals surface area contributed by atoms with Crippen LogP contribution in [0.2, 0.25) is 5.15 Å². The van der Waals surface area contributed by atoms with Crippen LogP contribution >= 0.6 is 22.9 Å². The average molecular weight is 476 g/mol. The highest BCUT2D eigenvalue weighted by Gasteiger charge is 2.33. The first-order valence-electron chi connectivity index (χ1n) is 9.31. The van der Waals surface area contributed by atoms with Gasteiger partial charge in [-0.2, -0.15) is 5.10 Å². The van der Waals surface area contributed by atoms with Crippen LogP contribution in [0.1, 0.15) is 28.0 Å². The van der Waals surface area contributed by atoms with Crippen LogP contribution in [0.3, 0.4) is 0 Å². The molecule has 0 aliphatic carbocycles. The summed E-state index contributed by atoms with van der Waals surface area (Å²) < 4.78 is 28.7. The Hall–Kier alpha value is -3.31. The van der Waals surface area contributed by atoms with E-state index in [1.807, 2.05) is 19.2 Å². The molecule has 4 aromatic rings. The van der Waals surface area contributed by atoms with Crippen molar-refractivity contribution < 1.29 is 13.6 Å². The van der Waals surface area contributed by atoms with Gasteiger partial charge in [-0.15, -0.1) is 10.2 Å². The van der Waals surface area contributed by atoms with E-state index >= 15 is 0 Å². The molecule has 32 heavy (non-hydrogen) atoms. The zero-order chi connectivity index (χ0) is 22.9. The van der Waals surface area contributed by atoms with Crippen molar-refractivity contribution >= 4 is 28.8 Å². The fraction of sp³-hybridized carbons (Fsp3) is 0.200. The summed E-state index contributed by atoms with van der Waals surface area (Å²) >= 11 is 6.94. The molecule has 1 atom stereocenters. The quantitative estimate of drug-likeness (QED) is 0.429. The first-order valence-corrected chi connectivity index (χ1v) is 10.5. The largest absolute Gasteiger partial charge is 0.349 e. The lowest BCUT2D eigenvalue weighted by Gasteiger charge is -2.28. The molecule has 0 saturated heterocycles. The SMILES string of the molecule is Cn1cc(C(C)(CNC(=O)c2nnc(-c3ncc(F)cc3F)s2)c2cccc(Cl)n2)cn1. The molecule has 4 aromatic heterocycles. The molecule has 0 fully saturated rings. The highest BCUT2D eigenvalue weighted by atomic mass is 35.5. The summed E-state index contributed by atoms with van der Waals surface area (Å²) in [4.78, 5) is 20.9. The Morgan fingerprint density at radius 3 is 2.78 bits per heavy atom. The van der Waals surface area contributed by atoms with Crippen molar-refractivity contribution in [3.63, 3.8) is 0 Å². The van der Waals surface area contributed by atoms with Crippen LogP contribution in [0.25, 0.3) is 10.7 Å². The zero-order valence-electron chi connectivity index (χ0n) is 16.9. The van der Waals surface area contributed by atoms with E-state index in [1.165, 1.54) is 0 Å². The molecular weight excluding hydrogens is 460 g/mol. The molecule has 0 bridgehead atoms. The molecule has 164 valence electrons. The van der Waals surface area contributed by atoms with E-state index in [2.05, 4.69) is 30.6 Å². The number of hydrogen-bond donors (Lipinski definition) is 1. The van der Waals surface area contributed by atoms with Crippen LogP contribution in [0.4, 0.5) is 8.78 Å². The molecule has 4 heterocycles. The van der Waals surface area contributed by atoms with Gasteiger partial charge in [0, 0.05) is 31.4 Å². The van der Waals surface area contributed by atoms with Crippen LogP contribution in [-0.2, 0) is 12.5 Å². The molecular formula is C20H16ClF2N7OS. The van der Waals surface area contributed by atoms with E-state index in [-0.39, 0.29) is 22.3 Å². The van der Waals surface area contributed by atoms with Gasteiger partial charge in [-0.1, -0.05) is 29.0 Å². The van der Waals surface area contributed by atoms with Gasteiger partial charge in [0.25, 0.3) is 5.91 Å². The number of hydrogen-bond acceptors (Lipinski definition) is 7. The molecule has 0 radical (unpaired) electrons. The monoisotopic (exact) mass is 475 g/mol. The molecule has 1 N–H and O–H groups in total. The van der Waals surface area contributed by atoms with Gasteiger partial charge in [-0.3, -0.25) is 9.48 Å². The summed E-state index contributed by atoms with van der Waals surface area (Å²) in [5, 5.41) is 15.1. The predicted octanol–water partition coefficient (Wildman–Crippen LogP) is 3.40. The topological polar surface area (TPSA) is 98.5 Å². The number of carbonyl (C=O) groups excluding carboxylic acids is 1. The summed E-state index contributed by atoms with van der Waals surface area (Å²) in [5.74, 6) is -2.20. The summed E-state index contributed by atoms with van der Waals surface area (Å²) in [6, 6.07) is 5.96. The number of aromatic nitrogens is 6. The van der Waals surface area contributed by atoms with Crippen molar-refractivity contribution in [3.8, 4) is 10.7 Å². The first kappa shape index (κ1) is 21.9. The smallest absolute Gasteiger partial charge is 0.282 e. The van der Waals surface area contributed by atoms with E-state index in [0.717, 1.165) is 23.1 Å². The number of nitrogens with zero attached hydrogens (tertiary/aromatic N) is 6. The van der Waals surface area contributed by atoms with E-state index in [9.17, 15) is 13.6 Å². The fourth-order valence-corrected chi connectivity index (χ4v) is 4.00. The van der Waals surface area contributed by atoms with E-state index in [1.54, 1.807) is 30.1 Å². The third kappa shape index (κ3) is 4.34. The number of nitrogens with one attached hydrogen (secondary N) is 1. The minimum atomic E-state index is -0.885. The van der Waals surface area contributed by atoms with Gasteiger partial charge in [-0.05, 0) is 19.1 Å². The molecule has 12 heteroatoms. The Morgan fingerprint density at radius 2 is 2.09 bits per heavy atom. The lowest BCUT2D eigenvalue weighted by Crippen LogP contribution is -2.40. The van der Waals surface area contributed by atoms with Gasteiger partial charge in [0.2, 0.25) is 5.01 Å². The summed E-state index contributed by atoms with van der Waals surface area (Å²) in [7, 11) is 1.79. The van der Waals surface area contributed by atoms with E-state index in [4.69, 9.17) is 11.6 Å². The van der Waals surface area contributed by atoms with Gasteiger partial charge >= 0.3 is 0 Å². The van der Waals surface area contributed by atoms with Crippen LogP contribution in [0, 0.1) is 11.6 Å². The Bertz CT molecular complexity index is 1290. The van der Waals surface area contributed by atoms with E-state index in [0.29, 0.717) is 16.9 Å². The highest BCUT2D eigenvalue weighted by Crippen LogP contribution is 2.31. The van der Waals surface area contributed by atoms with Gasteiger partial charge in [0.1, 0.15) is 16.7 Å². The van der Waals surface area contributed by atoms with Crippen LogP contribution in [0.15, 0.2) is 42.9 Å². The second kappa shape index (κ2) is 8.67. The van der Waals surface area contributed by atoms with Crippen LogP contribution < -0.4 is 5.32 Å². The van der Waals surface area contributed by atoms with Crippen LogP contribution in [0.5, 0.6) is 0 Å². The van der Waals surface area contributed by atoms with Gasteiger partial charge in [0.05, 0.1) is 23.5 Å². The molecule has 4 rings (SSSR count). The van der Waals surface area contributed by atoms with Crippen molar-refractivity contribution in [2.45, 2.75) is 12.3 Å². The summed E-state index contributed by atoms with van der Waals surface area (Å²) in [6.45, 7) is 2.06. The molecule has 0 aliphatic heterocycles. The maximum absolute atomic E-state index is 14.0. The van der Waals surface area contributed by atoms with Crippen molar-refractivity contribution in [2.24, 2.45) is 7.05 Å².